The van der Waals surface area contributed by atoms with Crippen molar-refractivity contribution in [3.05, 3.63) is 75.4 Å². The van der Waals surface area contributed by atoms with Gasteiger partial charge in [0.15, 0.2) is 5.43 Å². The van der Waals surface area contributed by atoms with Crippen LogP contribution >= 0.6 is 0 Å². The molecule has 0 fully saturated rings. The van der Waals surface area contributed by atoms with Gasteiger partial charge in [0.2, 0.25) is 5.76 Å². The summed E-state index contributed by atoms with van der Waals surface area (Å²) in [4.78, 5) is 24.8. The van der Waals surface area contributed by atoms with Gasteiger partial charge >= 0.3 is 0 Å². The number of aromatic hydroxyl groups is 1. The van der Waals surface area contributed by atoms with E-state index >= 15 is 0 Å². The number of phenols is 1. The van der Waals surface area contributed by atoms with E-state index in [2.05, 4.69) is 5.32 Å². The molecule has 5 nitrogen and oxygen atoms in total. The molecule has 1 amide bonds. The lowest BCUT2D eigenvalue weighted by Crippen LogP contribution is -2.21. The second-order valence-electron chi connectivity index (χ2n) is 5.32. The third kappa shape index (κ3) is 1.99. The number of carbonyl (C=O) groups is 1. The summed E-state index contributed by atoms with van der Waals surface area (Å²) in [7, 11) is 0. The zero-order valence-corrected chi connectivity index (χ0v) is 11.7. The Balaban J connectivity index is 2.01. The van der Waals surface area contributed by atoms with Gasteiger partial charge in [-0.1, -0.05) is 12.1 Å². The van der Waals surface area contributed by atoms with E-state index in [-0.39, 0.29) is 28.0 Å². The van der Waals surface area contributed by atoms with Gasteiger partial charge in [0.05, 0.1) is 17.0 Å². The van der Waals surface area contributed by atoms with E-state index in [0.717, 1.165) is 12.1 Å². The largest absolute Gasteiger partial charge is 0.508 e. The smallest absolute Gasteiger partial charge is 0.288 e. The number of amides is 1. The first-order chi connectivity index (χ1) is 11.0. The summed E-state index contributed by atoms with van der Waals surface area (Å²) >= 11 is 0. The number of hydrogen-bond donors (Lipinski definition) is 2. The molecule has 0 spiro atoms. The molecule has 0 radical (unpaired) electrons. The van der Waals surface area contributed by atoms with E-state index in [1.165, 1.54) is 18.2 Å². The number of benzene rings is 2. The van der Waals surface area contributed by atoms with Crippen LogP contribution in [0.3, 0.4) is 0 Å². The third-order valence-corrected chi connectivity index (χ3v) is 3.86. The molecule has 1 aromatic heterocycles. The highest BCUT2D eigenvalue weighted by atomic mass is 19.1. The average molecular weight is 311 g/mol. The molecule has 0 saturated carbocycles. The number of rotatable bonds is 1. The monoisotopic (exact) mass is 311 g/mol. The van der Waals surface area contributed by atoms with Crippen LogP contribution in [0, 0.1) is 5.82 Å². The minimum absolute atomic E-state index is 0.0152. The molecule has 0 bridgehead atoms. The molecule has 2 N–H and O–H groups in total. The van der Waals surface area contributed by atoms with Crippen molar-refractivity contribution < 1.29 is 18.7 Å². The van der Waals surface area contributed by atoms with Gasteiger partial charge in [-0.15, -0.1) is 0 Å². The summed E-state index contributed by atoms with van der Waals surface area (Å²) in [6.45, 7) is 0. The molecule has 4 rings (SSSR count). The molecule has 114 valence electrons. The molecule has 6 heteroatoms. The highest BCUT2D eigenvalue weighted by Gasteiger charge is 2.36. The summed E-state index contributed by atoms with van der Waals surface area (Å²) < 4.78 is 18.9. The van der Waals surface area contributed by atoms with Crippen LogP contribution in [0.4, 0.5) is 4.39 Å². The Morgan fingerprint density at radius 1 is 1.13 bits per heavy atom. The molecule has 1 atom stereocenters. The average Bonchev–Trinajstić information content (AvgIpc) is 2.86. The SMILES string of the molecule is O=C1N[C@@H](c2cccc(O)c2)c2c1oc1ccc(F)cc1c2=O. The summed E-state index contributed by atoms with van der Waals surface area (Å²) in [5.41, 5.74) is 0.355. The molecule has 1 aliphatic rings. The van der Waals surface area contributed by atoms with Gasteiger partial charge in [0, 0.05) is 0 Å². The van der Waals surface area contributed by atoms with Crippen molar-refractivity contribution in [2.45, 2.75) is 6.04 Å². The Labute approximate surface area is 129 Å². The van der Waals surface area contributed by atoms with E-state index in [9.17, 15) is 19.1 Å². The fourth-order valence-electron chi connectivity index (χ4n) is 2.84. The summed E-state index contributed by atoms with van der Waals surface area (Å²) in [5.74, 6) is -1.14. The number of halogens is 1. The van der Waals surface area contributed by atoms with Crippen LogP contribution in [0.2, 0.25) is 0 Å². The summed E-state index contributed by atoms with van der Waals surface area (Å²) in [5, 5.41) is 12.3. The molecular formula is C17H10FNO4. The van der Waals surface area contributed by atoms with Gasteiger partial charge in [-0.25, -0.2) is 4.39 Å². The van der Waals surface area contributed by atoms with Gasteiger partial charge in [-0.2, -0.15) is 0 Å². The van der Waals surface area contributed by atoms with Gasteiger partial charge in [0.25, 0.3) is 5.91 Å². The van der Waals surface area contributed by atoms with Crippen molar-refractivity contribution in [3.8, 4) is 5.75 Å². The third-order valence-electron chi connectivity index (χ3n) is 3.86. The van der Waals surface area contributed by atoms with E-state index in [1.807, 2.05) is 0 Å². The van der Waals surface area contributed by atoms with Gasteiger partial charge in [-0.3, -0.25) is 9.59 Å². The van der Waals surface area contributed by atoms with Crippen LogP contribution in [-0.4, -0.2) is 11.0 Å². The number of nitrogens with one attached hydrogen (secondary N) is 1. The fourth-order valence-corrected chi connectivity index (χ4v) is 2.84. The molecule has 0 saturated heterocycles. The van der Waals surface area contributed by atoms with E-state index < -0.39 is 23.2 Å². The second-order valence-corrected chi connectivity index (χ2v) is 5.32. The quantitative estimate of drug-likeness (QED) is 0.723. The Morgan fingerprint density at radius 3 is 2.74 bits per heavy atom. The van der Waals surface area contributed by atoms with Gasteiger partial charge in [0.1, 0.15) is 17.1 Å². The molecule has 0 unspecified atom stereocenters. The predicted octanol–water partition coefficient (Wildman–Crippen LogP) is 2.47. The van der Waals surface area contributed by atoms with Crippen LogP contribution in [0.15, 0.2) is 51.7 Å². The van der Waals surface area contributed by atoms with Crippen molar-refractivity contribution >= 4 is 16.9 Å². The zero-order chi connectivity index (χ0) is 16.1. The fraction of sp³-hybridized carbons (Fsp3) is 0.0588. The number of fused-ring (bicyclic) bond motifs is 2. The normalized spacial score (nSPS) is 16.4. The molecule has 2 heterocycles. The van der Waals surface area contributed by atoms with Crippen LogP contribution in [-0.2, 0) is 0 Å². The van der Waals surface area contributed by atoms with Crippen LogP contribution < -0.4 is 10.7 Å². The lowest BCUT2D eigenvalue weighted by molar-refractivity contribution is 0.0938. The lowest BCUT2D eigenvalue weighted by atomic mass is 9.99. The van der Waals surface area contributed by atoms with E-state index in [0.29, 0.717) is 5.56 Å². The Kier molecular flexibility index (Phi) is 2.74. The first-order valence-electron chi connectivity index (χ1n) is 6.90. The minimum Gasteiger partial charge on any atom is -0.508 e. The molecular weight excluding hydrogens is 301 g/mol. The van der Waals surface area contributed by atoms with Crippen LogP contribution in [0.25, 0.3) is 11.0 Å². The van der Waals surface area contributed by atoms with Crippen molar-refractivity contribution in [1.29, 1.82) is 0 Å². The number of phenolic OH excluding ortho intramolecular Hbond substituents is 1. The topological polar surface area (TPSA) is 79.5 Å². The molecule has 1 aliphatic heterocycles. The predicted molar refractivity (Wildman–Crippen MR) is 79.9 cm³/mol. The van der Waals surface area contributed by atoms with Crippen LogP contribution in [0.1, 0.15) is 27.7 Å². The molecule has 2 aromatic carbocycles. The highest BCUT2D eigenvalue weighted by Crippen LogP contribution is 2.32. The second kappa shape index (κ2) is 4.67. The van der Waals surface area contributed by atoms with Gasteiger partial charge in [-0.05, 0) is 35.9 Å². The number of carbonyl (C=O) groups excluding carboxylic acids is 1. The lowest BCUT2D eigenvalue weighted by Gasteiger charge is -2.11. The molecule has 3 aromatic rings. The zero-order valence-electron chi connectivity index (χ0n) is 11.7. The van der Waals surface area contributed by atoms with Crippen molar-refractivity contribution in [2.24, 2.45) is 0 Å². The maximum Gasteiger partial charge on any atom is 0.288 e. The maximum atomic E-state index is 13.4. The van der Waals surface area contributed by atoms with Crippen molar-refractivity contribution in [3.63, 3.8) is 0 Å². The highest BCUT2D eigenvalue weighted by molar-refractivity contribution is 5.98. The Morgan fingerprint density at radius 2 is 1.96 bits per heavy atom. The molecule has 0 aliphatic carbocycles. The maximum absolute atomic E-state index is 13.4. The first-order valence-corrected chi connectivity index (χ1v) is 6.90. The Hall–Kier alpha value is -3.15. The summed E-state index contributed by atoms with van der Waals surface area (Å²) in [6, 6.07) is 9.05. The first kappa shape index (κ1) is 13.5. The van der Waals surface area contributed by atoms with E-state index in [1.54, 1.807) is 12.1 Å². The van der Waals surface area contributed by atoms with E-state index in [4.69, 9.17) is 4.42 Å². The minimum atomic E-state index is -0.742. The van der Waals surface area contributed by atoms with Crippen molar-refractivity contribution in [2.75, 3.05) is 0 Å². The molecule has 23 heavy (non-hydrogen) atoms. The number of hydrogen-bond acceptors (Lipinski definition) is 4. The Bertz CT molecular complexity index is 1020. The van der Waals surface area contributed by atoms with Crippen molar-refractivity contribution in [1.82, 2.24) is 5.32 Å². The van der Waals surface area contributed by atoms with Crippen LogP contribution in [0.5, 0.6) is 5.75 Å². The standard InChI is InChI=1S/C17H10FNO4/c18-9-4-5-12-11(7-9)15(21)13-14(19-17(22)16(13)23-12)8-2-1-3-10(20)6-8/h1-7,14,20H,(H,19,22)/t14-/m0/s1. The summed E-state index contributed by atoms with van der Waals surface area (Å²) in [6.07, 6.45) is 0. The van der Waals surface area contributed by atoms with Gasteiger partial charge < -0.3 is 14.8 Å².